The second-order valence-electron chi connectivity index (χ2n) is 6.57. The maximum atomic E-state index is 13.9. The Morgan fingerprint density at radius 2 is 1.77 bits per heavy atom. The molecular formula is C20H24ClFN3O+. The lowest BCUT2D eigenvalue weighted by atomic mass is 10.1. The van der Waals surface area contributed by atoms with Gasteiger partial charge in [0.15, 0.2) is 6.54 Å². The normalized spacial score (nSPS) is 15.8. The van der Waals surface area contributed by atoms with Crippen LogP contribution in [-0.2, 0) is 4.79 Å². The molecule has 0 radical (unpaired) electrons. The zero-order valence-corrected chi connectivity index (χ0v) is 15.6. The minimum absolute atomic E-state index is 0.108. The number of para-hydroxylation sites is 1. The number of benzene rings is 2. The van der Waals surface area contributed by atoms with Gasteiger partial charge in [0.1, 0.15) is 11.9 Å². The first-order valence-corrected chi connectivity index (χ1v) is 9.29. The molecule has 26 heavy (non-hydrogen) atoms. The van der Waals surface area contributed by atoms with Crippen molar-refractivity contribution in [2.45, 2.75) is 13.0 Å². The van der Waals surface area contributed by atoms with E-state index in [4.69, 9.17) is 11.6 Å². The van der Waals surface area contributed by atoms with Gasteiger partial charge in [-0.1, -0.05) is 41.9 Å². The van der Waals surface area contributed by atoms with Gasteiger partial charge >= 0.3 is 0 Å². The molecule has 138 valence electrons. The van der Waals surface area contributed by atoms with Crippen LogP contribution < -0.4 is 10.2 Å². The smallest absolute Gasteiger partial charge is 0.277 e. The predicted molar refractivity (Wildman–Crippen MR) is 102 cm³/mol. The number of hydrogen-bond acceptors (Lipinski definition) is 2. The van der Waals surface area contributed by atoms with E-state index in [9.17, 15) is 9.18 Å². The highest BCUT2D eigenvalue weighted by Gasteiger charge is 2.24. The van der Waals surface area contributed by atoms with Crippen LogP contribution in [0.4, 0.5) is 10.1 Å². The molecule has 1 atom stereocenters. The highest BCUT2D eigenvalue weighted by atomic mass is 35.5. The first kappa shape index (κ1) is 18.7. The van der Waals surface area contributed by atoms with Crippen LogP contribution in [0.2, 0.25) is 5.02 Å². The van der Waals surface area contributed by atoms with E-state index in [1.807, 2.05) is 52.4 Å². The summed E-state index contributed by atoms with van der Waals surface area (Å²) in [5, 5.41) is 2.73. The van der Waals surface area contributed by atoms with Crippen molar-refractivity contribution in [3.63, 3.8) is 0 Å². The van der Waals surface area contributed by atoms with E-state index in [2.05, 4.69) is 0 Å². The molecule has 1 aliphatic rings. The lowest BCUT2D eigenvalue weighted by Crippen LogP contribution is -2.87. The first-order valence-electron chi connectivity index (χ1n) is 8.91. The summed E-state index contributed by atoms with van der Waals surface area (Å²) in [6.45, 7) is 4.94. The molecule has 1 fully saturated rings. The molecule has 0 unspecified atom stereocenters. The molecule has 1 amide bonds. The highest BCUT2D eigenvalue weighted by molar-refractivity contribution is 6.31. The maximum absolute atomic E-state index is 13.9. The van der Waals surface area contributed by atoms with E-state index in [0.717, 1.165) is 10.6 Å². The van der Waals surface area contributed by atoms with Crippen LogP contribution in [0.3, 0.4) is 0 Å². The van der Waals surface area contributed by atoms with Crippen molar-refractivity contribution in [3.05, 3.63) is 64.9 Å². The molecule has 3 rings (SSSR count). The summed E-state index contributed by atoms with van der Waals surface area (Å²) in [5.74, 6) is -0.105. The van der Waals surface area contributed by atoms with Crippen LogP contribution in [0.1, 0.15) is 18.5 Å². The van der Waals surface area contributed by atoms with Gasteiger partial charge in [0.2, 0.25) is 0 Å². The number of piperazine rings is 1. The van der Waals surface area contributed by atoms with E-state index in [0.29, 0.717) is 38.4 Å². The summed E-state index contributed by atoms with van der Waals surface area (Å²) in [4.78, 5) is 16.3. The number of carbonyl (C=O) groups is 1. The minimum Gasteiger partial charge on any atom is -0.366 e. The fourth-order valence-electron chi connectivity index (χ4n) is 3.28. The fourth-order valence-corrected chi connectivity index (χ4v) is 3.59. The van der Waals surface area contributed by atoms with Crippen LogP contribution in [0.25, 0.3) is 0 Å². The molecule has 0 saturated carbocycles. The van der Waals surface area contributed by atoms with E-state index in [1.54, 1.807) is 12.1 Å². The van der Waals surface area contributed by atoms with Crippen LogP contribution in [0.15, 0.2) is 48.5 Å². The summed E-state index contributed by atoms with van der Waals surface area (Å²) in [7, 11) is 0. The SMILES string of the molecule is C[C@H]([NH2+]CC(=O)N1CCN(c2ccccc2F)CC1)c1ccccc1Cl. The van der Waals surface area contributed by atoms with Crippen molar-refractivity contribution in [2.24, 2.45) is 0 Å². The van der Waals surface area contributed by atoms with Gasteiger partial charge in [0, 0.05) is 36.8 Å². The first-order chi connectivity index (χ1) is 12.6. The highest BCUT2D eigenvalue weighted by Crippen LogP contribution is 2.21. The van der Waals surface area contributed by atoms with Gasteiger partial charge in [0.25, 0.3) is 5.91 Å². The standard InChI is InChI=1S/C20H23ClFN3O/c1-15(16-6-2-3-7-17(16)21)23-14-20(26)25-12-10-24(11-13-25)19-9-5-4-8-18(19)22/h2-9,15,23H,10-14H2,1H3/p+1/t15-/m0/s1. The molecule has 2 N–H and O–H groups in total. The van der Waals surface area contributed by atoms with Gasteiger partial charge in [-0.05, 0) is 25.1 Å². The maximum Gasteiger partial charge on any atom is 0.277 e. The van der Waals surface area contributed by atoms with Crippen LogP contribution in [0.5, 0.6) is 0 Å². The second kappa shape index (κ2) is 8.52. The molecule has 1 heterocycles. The Labute approximate surface area is 158 Å². The number of carbonyl (C=O) groups excluding carboxylic acids is 1. The van der Waals surface area contributed by atoms with Crippen LogP contribution in [-0.4, -0.2) is 43.5 Å². The van der Waals surface area contributed by atoms with Crippen molar-refractivity contribution in [2.75, 3.05) is 37.6 Å². The molecule has 6 heteroatoms. The molecular weight excluding hydrogens is 353 g/mol. The Kier molecular flexibility index (Phi) is 6.12. The molecule has 0 aromatic heterocycles. The van der Waals surface area contributed by atoms with Gasteiger partial charge in [-0.25, -0.2) is 4.39 Å². The number of anilines is 1. The molecule has 1 aliphatic heterocycles. The number of halogens is 2. The monoisotopic (exact) mass is 376 g/mol. The Morgan fingerprint density at radius 1 is 1.12 bits per heavy atom. The fraction of sp³-hybridized carbons (Fsp3) is 0.350. The van der Waals surface area contributed by atoms with Crippen LogP contribution >= 0.6 is 11.6 Å². The lowest BCUT2D eigenvalue weighted by molar-refractivity contribution is -0.683. The number of amides is 1. The van der Waals surface area contributed by atoms with Gasteiger partial charge in [-0.15, -0.1) is 0 Å². The average Bonchev–Trinajstić information content (AvgIpc) is 2.67. The third-order valence-electron chi connectivity index (χ3n) is 4.87. The number of nitrogens with zero attached hydrogens (tertiary/aromatic N) is 2. The summed E-state index contributed by atoms with van der Waals surface area (Å²) in [6, 6.07) is 14.6. The van der Waals surface area contributed by atoms with E-state index in [-0.39, 0.29) is 17.8 Å². The van der Waals surface area contributed by atoms with Gasteiger partial charge in [0.05, 0.1) is 5.69 Å². The molecule has 0 bridgehead atoms. The zero-order chi connectivity index (χ0) is 18.5. The summed E-state index contributed by atoms with van der Waals surface area (Å²) in [5.41, 5.74) is 1.64. The number of quaternary nitrogens is 1. The molecule has 2 aromatic rings. The molecule has 4 nitrogen and oxygen atoms in total. The number of rotatable bonds is 5. The van der Waals surface area contributed by atoms with Crippen molar-refractivity contribution >= 4 is 23.2 Å². The Morgan fingerprint density at radius 3 is 2.46 bits per heavy atom. The molecule has 2 aromatic carbocycles. The van der Waals surface area contributed by atoms with Crippen molar-refractivity contribution < 1.29 is 14.5 Å². The summed E-state index contributed by atoms with van der Waals surface area (Å²) < 4.78 is 13.9. The lowest BCUT2D eigenvalue weighted by Gasteiger charge is -2.36. The van der Waals surface area contributed by atoms with Gasteiger partial charge in [-0.2, -0.15) is 0 Å². The largest absolute Gasteiger partial charge is 0.366 e. The molecule has 0 aliphatic carbocycles. The van der Waals surface area contributed by atoms with E-state index in [1.165, 1.54) is 6.07 Å². The minimum atomic E-state index is -0.214. The number of hydrogen-bond donors (Lipinski definition) is 1. The Balaban J connectivity index is 1.50. The summed E-state index contributed by atoms with van der Waals surface area (Å²) >= 11 is 6.22. The predicted octanol–water partition coefficient (Wildman–Crippen LogP) is 2.45. The van der Waals surface area contributed by atoms with Crippen molar-refractivity contribution in [1.29, 1.82) is 0 Å². The third kappa shape index (κ3) is 4.34. The van der Waals surface area contributed by atoms with Crippen molar-refractivity contribution in [1.82, 2.24) is 4.90 Å². The third-order valence-corrected chi connectivity index (χ3v) is 5.21. The van der Waals surface area contributed by atoms with E-state index < -0.39 is 0 Å². The van der Waals surface area contributed by atoms with E-state index >= 15 is 0 Å². The zero-order valence-electron chi connectivity index (χ0n) is 14.9. The quantitative estimate of drug-likeness (QED) is 0.870. The Hall–Kier alpha value is -2.11. The summed E-state index contributed by atoms with van der Waals surface area (Å²) in [6.07, 6.45) is 0. The van der Waals surface area contributed by atoms with Gasteiger partial charge < -0.3 is 15.1 Å². The van der Waals surface area contributed by atoms with Gasteiger partial charge in [-0.3, -0.25) is 4.79 Å². The second-order valence-corrected chi connectivity index (χ2v) is 6.98. The Bertz CT molecular complexity index is 762. The topological polar surface area (TPSA) is 40.2 Å². The van der Waals surface area contributed by atoms with Crippen molar-refractivity contribution in [3.8, 4) is 0 Å². The average molecular weight is 377 g/mol. The number of nitrogens with two attached hydrogens (primary N) is 1. The molecule has 1 saturated heterocycles. The van der Waals surface area contributed by atoms with Crippen LogP contribution in [0, 0.1) is 5.82 Å². The molecule has 0 spiro atoms.